The average molecular weight is 539 g/mol. The Balaban J connectivity index is 1.67. The maximum Gasteiger partial charge on any atom is 0.265 e. The van der Waals surface area contributed by atoms with Crippen LogP contribution in [-0.4, -0.2) is 40.2 Å². The van der Waals surface area contributed by atoms with Crippen LogP contribution in [0.3, 0.4) is 0 Å². The number of guanidine groups is 1. The minimum atomic E-state index is -0.443. The Morgan fingerprint density at radius 1 is 1.16 bits per heavy atom. The Morgan fingerprint density at radius 3 is 2.39 bits per heavy atom. The van der Waals surface area contributed by atoms with Crippen molar-refractivity contribution in [1.29, 1.82) is 5.53 Å². The van der Waals surface area contributed by atoms with Gasteiger partial charge in [-0.15, -0.1) is 22.0 Å². The first-order valence-electron chi connectivity index (χ1n) is 13.4. The molecule has 0 bridgehead atoms. The van der Waals surface area contributed by atoms with Crippen LogP contribution >= 0.6 is 11.8 Å². The molecule has 0 aliphatic heterocycles. The molecule has 3 rings (SSSR count). The summed E-state index contributed by atoms with van der Waals surface area (Å²) in [5.74, 6) is 7.16. The van der Waals surface area contributed by atoms with Gasteiger partial charge in [0.25, 0.3) is 11.9 Å². The predicted molar refractivity (Wildman–Crippen MR) is 155 cm³/mol. The van der Waals surface area contributed by atoms with Gasteiger partial charge >= 0.3 is 0 Å². The number of thioether (sulfide) groups is 1. The zero-order valence-electron chi connectivity index (χ0n) is 23.1. The molecule has 0 heterocycles. The van der Waals surface area contributed by atoms with Crippen LogP contribution in [-0.2, 0) is 11.3 Å². The maximum atomic E-state index is 13.5. The zero-order chi connectivity index (χ0) is 27.7. The number of allylic oxidation sites excluding steroid dienone is 3. The first kappa shape index (κ1) is 29.6. The molecule has 1 unspecified atom stereocenters. The van der Waals surface area contributed by atoms with Crippen LogP contribution in [0.2, 0.25) is 0 Å². The third-order valence-corrected chi connectivity index (χ3v) is 8.58. The maximum absolute atomic E-state index is 13.5. The molecule has 1 aromatic carbocycles. The third-order valence-electron chi connectivity index (χ3n) is 7.59. The van der Waals surface area contributed by atoms with E-state index in [1.54, 1.807) is 23.9 Å². The summed E-state index contributed by atoms with van der Waals surface area (Å²) in [6.07, 6.45) is 12.1. The molecule has 1 fully saturated rings. The van der Waals surface area contributed by atoms with Crippen LogP contribution in [0.25, 0.3) is 0 Å². The fourth-order valence-corrected chi connectivity index (χ4v) is 6.01. The van der Waals surface area contributed by atoms with Crippen molar-refractivity contribution >= 4 is 29.5 Å². The molecule has 8 nitrogen and oxygen atoms in total. The SMILES string of the molecule is CC1C=CC(CSCC(=O)N(Cc2ccc(C(=O)N/C(N=N)=N/N)cc2)C2CCC(C(C)(C)C)CC2)=CC1. The molecule has 38 heavy (non-hydrogen) atoms. The summed E-state index contributed by atoms with van der Waals surface area (Å²) in [5, 5.41) is 8.71. The van der Waals surface area contributed by atoms with Crippen LogP contribution in [0.4, 0.5) is 0 Å². The van der Waals surface area contributed by atoms with Crippen LogP contribution < -0.4 is 11.2 Å². The number of nitrogens with two attached hydrogens (primary N) is 1. The fourth-order valence-electron chi connectivity index (χ4n) is 5.11. The van der Waals surface area contributed by atoms with Crippen molar-refractivity contribution in [3.63, 3.8) is 0 Å². The van der Waals surface area contributed by atoms with Gasteiger partial charge in [0.2, 0.25) is 5.91 Å². The number of carbonyl (C=O) groups excluding carboxylic acids is 2. The van der Waals surface area contributed by atoms with E-state index in [1.807, 2.05) is 12.1 Å². The number of benzene rings is 1. The molecule has 1 atom stereocenters. The molecule has 0 saturated heterocycles. The second-order valence-corrected chi connectivity index (χ2v) is 12.4. The molecule has 2 aliphatic rings. The zero-order valence-corrected chi connectivity index (χ0v) is 23.9. The number of hydrogen-bond donors (Lipinski definition) is 3. The Labute approximate surface area is 231 Å². The van der Waals surface area contributed by atoms with E-state index in [0.29, 0.717) is 29.7 Å². The van der Waals surface area contributed by atoms with Gasteiger partial charge in [0.15, 0.2) is 0 Å². The highest BCUT2D eigenvalue weighted by molar-refractivity contribution is 8.00. The highest BCUT2D eigenvalue weighted by Crippen LogP contribution is 2.39. The van der Waals surface area contributed by atoms with Crippen molar-refractivity contribution in [1.82, 2.24) is 10.2 Å². The van der Waals surface area contributed by atoms with E-state index in [1.165, 1.54) is 5.57 Å². The largest absolute Gasteiger partial charge is 0.335 e. The lowest BCUT2D eigenvalue weighted by Crippen LogP contribution is -2.44. The highest BCUT2D eigenvalue weighted by Gasteiger charge is 2.33. The number of rotatable bonds is 8. The normalized spacial score (nSPS) is 21.9. The van der Waals surface area contributed by atoms with E-state index in [-0.39, 0.29) is 23.3 Å². The third kappa shape index (κ3) is 8.55. The monoisotopic (exact) mass is 538 g/mol. The summed E-state index contributed by atoms with van der Waals surface area (Å²) in [5.41, 5.74) is 9.94. The van der Waals surface area contributed by atoms with Gasteiger partial charge in [0.05, 0.1) is 5.75 Å². The quantitative estimate of drug-likeness (QED) is 0.126. The molecule has 2 aliphatic carbocycles. The van der Waals surface area contributed by atoms with Gasteiger partial charge in [-0.3, -0.25) is 14.9 Å². The standard InChI is InChI=1S/C29H42N6O2S/c1-20-5-7-22(8-6-20)18-38-19-26(36)35(25-15-13-24(14-16-25)29(2,3)4)17-21-9-11-23(12-10-21)27(37)32-28(33-30)34-31/h5,7-12,20,24-25,30H,6,13-19,31H2,1-4H3,(H,32,34,37). The molecular formula is C29H42N6O2S. The number of amides is 2. The molecule has 206 valence electrons. The molecule has 1 aromatic rings. The Kier molecular flexibility index (Phi) is 10.7. The topological polar surface area (TPSA) is 124 Å². The lowest BCUT2D eigenvalue weighted by atomic mass is 9.71. The van der Waals surface area contributed by atoms with E-state index in [9.17, 15) is 9.59 Å². The molecule has 1 saturated carbocycles. The van der Waals surface area contributed by atoms with Gasteiger partial charge in [-0.25, -0.2) is 5.53 Å². The van der Waals surface area contributed by atoms with E-state index in [2.05, 4.69) is 66.4 Å². The minimum absolute atomic E-state index is 0.172. The van der Waals surface area contributed by atoms with Crippen molar-refractivity contribution in [2.75, 3.05) is 11.5 Å². The van der Waals surface area contributed by atoms with E-state index < -0.39 is 5.91 Å². The molecule has 2 amide bonds. The van der Waals surface area contributed by atoms with E-state index >= 15 is 0 Å². The molecule has 0 radical (unpaired) electrons. The van der Waals surface area contributed by atoms with Crippen LogP contribution in [0.15, 0.2) is 58.3 Å². The van der Waals surface area contributed by atoms with Gasteiger partial charge < -0.3 is 10.7 Å². The van der Waals surface area contributed by atoms with Crippen LogP contribution in [0.5, 0.6) is 0 Å². The summed E-state index contributed by atoms with van der Waals surface area (Å²) in [6.45, 7) is 9.66. The molecular weight excluding hydrogens is 496 g/mol. The Hall–Kier alpha value is -2.94. The summed E-state index contributed by atoms with van der Waals surface area (Å²) in [6, 6.07) is 7.39. The molecule has 0 spiro atoms. The number of hydrogen-bond acceptors (Lipinski definition) is 6. The first-order valence-corrected chi connectivity index (χ1v) is 14.6. The molecule has 0 aromatic heterocycles. The first-order chi connectivity index (χ1) is 18.1. The number of carbonyl (C=O) groups is 2. The molecule has 4 N–H and O–H groups in total. The van der Waals surface area contributed by atoms with Crippen molar-refractivity contribution in [3.05, 3.63) is 59.2 Å². The smallest absolute Gasteiger partial charge is 0.265 e. The summed E-state index contributed by atoms with van der Waals surface area (Å²) in [4.78, 5) is 28.0. The summed E-state index contributed by atoms with van der Waals surface area (Å²) in [7, 11) is 0. The number of nitrogens with zero attached hydrogens (tertiary/aromatic N) is 3. The van der Waals surface area contributed by atoms with Gasteiger partial charge in [0, 0.05) is 23.9 Å². The summed E-state index contributed by atoms with van der Waals surface area (Å²) >= 11 is 1.68. The second kappa shape index (κ2) is 13.7. The van der Waals surface area contributed by atoms with Crippen LogP contribution in [0, 0.1) is 22.8 Å². The minimum Gasteiger partial charge on any atom is -0.335 e. The number of hydrazone groups is 1. The molecule has 9 heteroatoms. The highest BCUT2D eigenvalue weighted by atomic mass is 32.2. The predicted octanol–water partition coefficient (Wildman–Crippen LogP) is 5.87. The van der Waals surface area contributed by atoms with Crippen molar-refractivity contribution in [2.24, 2.45) is 33.3 Å². The lowest BCUT2D eigenvalue weighted by Gasteiger charge is -2.41. The second-order valence-electron chi connectivity index (χ2n) is 11.5. The van der Waals surface area contributed by atoms with Gasteiger partial charge in [0.1, 0.15) is 0 Å². The number of nitrogens with one attached hydrogen (secondary N) is 2. The van der Waals surface area contributed by atoms with E-state index in [4.69, 9.17) is 11.4 Å². The Bertz CT molecular complexity index is 1070. The van der Waals surface area contributed by atoms with Gasteiger partial charge in [-0.2, -0.15) is 0 Å². The lowest BCUT2D eigenvalue weighted by molar-refractivity contribution is -0.132. The fraction of sp³-hybridized carbons (Fsp3) is 0.552. The van der Waals surface area contributed by atoms with Gasteiger partial charge in [-0.05, 0) is 72.6 Å². The van der Waals surface area contributed by atoms with Crippen molar-refractivity contribution < 1.29 is 9.59 Å². The van der Waals surface area contributed by atoms with E-state index in [0.717, 1.165) is 43.4 Å². The van der Waals surface area contributed by atoms with Crippen molar-refractivity contribution in [2.45, 2.75) is 72.4 Å². The average Bonchev–Trinajstić information content (AvgIpc) is 2.91. The summed E-state index contributed by atoms with van der Waals surface area (Å²) < 4.78 is 0. The van der Waals surface area contributed by atoms with Crippen molar-refractivity contribution in [3.8, 4) is 0 Å². The Morgan fingerprint density at radius 2 is 1.84 bits per heavy atom. The van der Waals surface area contributed by atoms with Gasteiger partial charge in [-0.1, -0.05) is 58.1 Å². The van der Waals surface area contributed by atoms with Crippen LogP contribution in [0.1, 0.15) is 75.7 Å².